The van der Waals surface area contributed by atoms with Gasteiger partial charge in [0.1, 0.15) is 0 Å². The maximum absolute atomic E-state index is 4.76. The van der Waals surface area contributed by atoms with Crippen LogP contribution in [0.25, 0.3) is 0 Å². The monoisotopic (exact) mass is 246 g/mol. The summed E-state index contributed by atoms with van der Waals surface area (Å²) in [4.78, 5) is 0. The van der Waals surface area contributed by atoms with Crippen LogP contribution in [-0.4, -0.2) is 0 Å². The summed E-state index contributed by atoms with van der Waals surface area (Å²) in [6.45, 7) is 5.88. The molecule has 0 nitrogen and oxygen atoms in total. The van der Waals surface area contributed by atoms with Crippen molar-refractivity contribution in [3.63, 3.8) is 0 Å². The second-order valence-electron chi connectivity index (χ2n) is 1.93. The van der Waals surface area contributed by atoms with Crippen molar-refractivity contribution in [3.8, 4) is 0 Å². The molecule has 1 rings (SSSR count). The van der Waals surface area contributed by atoms with Crippen LogP contribution < -0.4 is 31.3 Å². The zero-order valence-electron chi connectivity index (χ0n) is 7.48. The molecule has 0 radical (unpaired) electrons. The van der Waals surface area contributed by atoms with Crippen molar-refractivity contribution in [2.75, 3.05) is 0 Å². The Balaban J connectivity index is -0.000000189. The molecule has 0 amide bonds. The van der Waals surface area contributed by atoms with Crippen molar-refractivity contribution >= 4 is 9.69 Å². The topological polar surface area (TPSA) is 0 Å². The molecule has 0 heterocycles. The zero-order chi connectivity index (χ0) is 7.98. The van der Waals surface area contributed by atoms with Gasteiger partial charge in [0, 0.05) is 0 Å². The molecule has 1 aromatic carbocycles. The van der Waals surface area contributed by atoms with Crippen LogP contribution >= 0.6 is 9.69 Å². The van der Waals surface area contributed by atoms with Gasteiger partial charge in [-0.2, -0.15) is 24.1 Å². The van der Waals surface area contributed by atoms with E-state index < -0.39 is 0 Å². The van der Waals surface area contributed by atoms with Crippen LogP contribution in [-0.2, 0) is 17.3 Å². The van der Waals surface area contributed by atoms with Crippen molar-refractivity contribution in [1.29, 1.82) is 0 Å². The Kier molecular flexibility index (Phi) is 18.5. The fourth-order valence-electron chi connectivity index (χ4n) is 0.610. The molecule has 0 unspecified atom stereocenters. The Morgan fingerprint density at radius 1 is 1.25 bits per heavy atom. The number of rotatable bonds is 0. The molecule has 0 fully saturated rings. The third-order valence-electron chi connectivity index (χ3n) is 1.26. The number of hydrogen-bond donors (Lipinski definition) is 0. The van der Waals surface area contributed by atoms with E-state index in [2.05, 4.69) is 19.9 Å². The van der Waals surface area contributed by atoms with Crippen LogP contribution in [0.4, 0.5) is 0 Å². The van der Waals surface area contributed by atoms with Crippen LogP contribution in [0.1, 0.15) is 11.1 Å². The van der Waals surface area contributed by atoms with E-state index in [-0.39, 0.29) is 31.3 Å². The van der Waals surface area contributed by atoms with Crippen LogP contribution in [0.3, 0.4) is 0 Å². The number of hydrogen-bond acceptors (Lipinski definition) is 0. The van der Waals surface area contributed by atoms with Gasteiger partial charge in [-0.3, -0.25) is 0 Å². The second-order valence-corrected chi connectivity index (χ2v) is 1.93. The number of halogens is 2. The van der Waals surface area contributed by atoms with Gasteiger partial charge < -0.3 is 12.4 Å². The first-order valence-electron chi connectivity index (χ1n) is 2.95. The molecule has 4 heteroatoms. The van der Waals surface area contributed by atoms with E-state index in [0.29, 0.717) is 0 Å². The summed E-state index contributed by atoms with van der Waals surface area (Å²) in [5.74, 6) is 0. The van der Waals surface area contributed by atoms with E-state index in [1.54, 1.807) is 0 Å². The summed E-state index contributed by atoms with van der Waals surface area (Å²) in [5, 5.41) is 0. The molecule has 0 aromatic heterocycles. The van der Waals surface area contributed by atoms with E-state index in [1.807, 2.05) is 18.2 Å². The minimum atomic E-state index is 0. The average molecular weight is 248 g/mol. The van der Waals surface area contributed by atoms with Gasteiger partial charge in [-0.25, -0.2) is 0 Å². The third kappa shape index (κ3) is 7.54. The second kappa shape index (κ2) is 11.9. The number of aryl methyl sites for hydroxylation is 1. The molecule has 0 aliphatic carbocycles. The standard InChI is InChI=1S/C8H9.2ClH.Li.Zn/c1-7-5-3-4-6-8(7)2;;;;/h3-6H,1H2,2H3;2*1H;;/q-1;;;+1;+2/p-2. The molecule has 0 saturated carbocycles. The molecule has 0 spiro atoms. The normalized spacial score (nSPS) is 6.67. The van der Waals surface area contributed by atoms with Crippen LogP contribution in [0.5, 0.6) is 0 Å². The molecule has 0 atom stereocenters. The van der Waals surface area contributed by atoms with Gasteiger partial charge in [0.05, 0.1) is 0 Å². The maximum atomic E-state index is 4.76. The van der Waals surface area contributed by atoms with Crippen molar-refractivity contribution in [1.82, 2.24) is 0 Å². The minimum Gasteiger partial charge on any atom is 1.00 e. The molecular weight excluding hydrogens is 239 g/mol. The Morgan fingerprint density at radius 3 is 1.92 bits per heavy atom. The molecule has 0 aliphatic heterocycles. The summed E-state index contributed by atoms with van der Waals surface area (Å²) in [7, 11) is 4.76. The van der Waals surface area contributed by atoms with E-state index >= 15 is 0 Å². The van der Waals surface area contributed by atoms with E-state index in [4.69, 9.17) is 9.69 Å². The third-order valence-corrected chi connectivity index (χ3v) is 1.26. The summed E-state index contributed by atoms with van der Waals surface area (Å²) in [5.41, 5.74) is 2.38. The largest absolute Gasteiger partial charge is 1.00 e. The van der Waals surface area contributed by atoms with E-state index in [1.165, 1.54) is 5.56 Å². The molecule has 0 bridgehead atoms. The van der Waals surface area contributed by atoms with Crippen molar-refractivity contribution in [2.24, 2.45) is 0 Å². The molecule has 0 saturated heterocycles. The Bertz CT molecular complexity index is 173. The first-order chi connectivity index (χ1) is 4.80. The van der Waals surface area contributed by atoms with Gasteiger partial charge in [-0.05, 0) is 0 Å². The Morgan fingerprint density at radius 2 is 1.67 bits per heavy atom. The van der Waals surface area contributed by atoms with Gasteiger partial charge >= 0.3 is 45.9 Å². The summed E-state index contributed by atoms with van der Waals surface area (Å²) < 4.78 is 0. The Hall–Kier alpha value is 0.891. The maximum Gasteiger partial charge on any atom is 1.00 e. The molecular formula is C8H9Cl2LiZn. The van der Waals surface area contributed by atoms with Gasteiger partial charge in [0.2, 0.25) is 0 Å². The quantitative estimate of drug-likeness (QED) is 0.336. The SMILES string of the molecule is [CH2-]c1ccccc1C.[Cl-].[Cl][Zn+].[Li+]. The van der Waals surface area contributed by atoms with Crippen LogP contribution in [0.15, 0.2) is 24.3 Å². The zero-order valence-corrected chi connectivity index (χ0v) is 12.0. The molecule has 58 valence electrons. The van der Waals surface area contributed by atoms with Crippen molar-refractivity contribution in [3.05, 3.63) is 42.3 Å². The minimum absolute atomic E-state index is 0. The summed E-state index contributed by atoms with van der Waals surface area (Å²) >= 11 is 0.847. The van der Waals surface area contributed by atoms with Gasteiger partial charge in [-0.15, -0.1) is 12.1 Å². The molecule has 0 N–H and O–H groups in total. The fraction of sp³-hybridized carbons (Fsp3) is 0.125. The molecule has 0 aliphatic rings. The van der Waals surface area contributed by atoms with Crippen LogP contribution in [0, 0.1) is 13.8 Å². The summed E-state index contributed by atoms with van der Waals surface area (Å²) in [6.07, 6.45) is 0. The summed E-state index contributed by atoms with van der Waals surface area (Å²) in [6, 6.07) is 8.08. The van der Waals surface area contributed by atoms with E-state index in [9.17, 15) is 0 Å². The van der Waals surface area contributed by atoms with Crippen molar-refractivity contribution < 1.29 is 48.6 Å². The predicted molar refractivity (Wildman–Crippen MR) is 41.5 cm³/mol. The fourth-order valence-corrected chi connectivity index (χ4v) is 0.610. The predicted octanol–water partition coefficient (Wildman–Crippen LogP) is -3.13. The first-order valence-corrected chi connectivity index (χ1v) is 6.85. The van der Waals surface area contributed by atoms with Crippen LogP contribution in [0.2, 0.25) is 0 Å². The number of benzene rings is 1. The molecule has 12 heavy (non-hydrogen) atoms. The Labute approximate surface area is 107 Å². The smallest absolute Gasteiger partial charge is 1.00 e. The van der Waals surface area contributed by atoms with Gasteiger partial charge in [-0.1, -0.05) is 13.0 Å². The van der Waals surface area contributed by atoms with E-state index in [0.717, 1.165) is 22.9 Å². The van der Waals surface area contributed by atoms with Crippen molar-refractivity contribution in [2.45, 2.75) is 6.92 Å². The molecule has 1 aromatic rings. The van der Waals surface area contributed by atoms with Gasteiger partial charge in [0.25, 0.3) is 0 Å². The first kappa shape index (κ1) is 18.6. The average Bonchev–Trinajstić information content (AvgIpc) is 2.00. The van der Waals surface area contributed by atoms with Gasteiger partial charge in [0.15, 0.2) is 0 Å².